The second kappa shape index (κ2) is 13.8. The maximum absolute atomic E-state index is 13.5. The molecule has 0 rings (SSSR count). The minimum atomic E-state index is -6.65. The summed E-state index contributed by atoms with van der Waals surface area (Å²) in [6, 6.07) is -1.74. The Kier molecular flexibility index (Phi) is 13.4. The summed E-state index contributed by atoms with van der Waals surface area (Å²) in [5.41, 5.74) is 0. The molecule has 0 aromatic carbocycles. The molecule has 0 fully saturated rings. The monoisotopic (exact) mass is 719 g/mol. The van der Waals surface area contributed by atoms with Gasteiger partial charge in [-0.3, -0.25) is 0 Å². The van der Waals surface area contributed by atoms with E-state index in [0.29, 0.717) is 0 Å². The highest BCUT2D eigenvalue weighted by Crippen LogP contribution is 2.51. The molecule has 0 unspecified atom stereocenters. The molecule has 266 valence electrons. The summed E-state index contributed by atoms with van der Waals surface area (Å²) in [4.78, 5) is 0. The molecule has 2 N–H and O–H groups in total. The first-order valence-electron chi connectivity index (χ1n) is 12.4. The summed E-state index contributed by atoms with van der Waals surface area (Å²) in [6.07, 6.45) is -31.6. The van der Waals surface area contributed by atoms with Gasteiger partial charge in [-0.25, -0.2) is 0 Å². The fourth-order valence-electron chi connectivity index (χ4n) is 3.94. The minimum Gasteiger partial charge on any atom is -0.351 e. The van der Waals surface area contributed by atoms with Crippen LogP contribution in [0.25, 0.3) is 0 Å². The second-order valence-electron chi connectivity index (χ2n) is 10.3. The van der Waals surface area contributed by atoms with E-state index in [1.807, 2.05) is 0 Å². The predicted molar refractivity (Wildman–Crippen MR) is 114 cm³/mol. The summed E-state index contributed by atoms with van der Waals surface area (Å²) in [5.74, 6) is -36.3. The average Bonchev–Trinajstić information content (AvgIpc) is 2.80. The number of nitrogens with two attached hydrogens (primary N) is 1. The van der Waals surface area contributed by atoms with Gasteiger partial charge in [-0.2, -0.15) is 92.2 Å². The fraction of sp³-hybridized carbons (Fsp3) is 1.00. The van der Waals surface area contributed by atoms with Crippen LogP contribution in [0, 0.1) is 0 Å². The molecule has 0 aliphatic rings. The van der Waals surface area contributed by atoms with E-state index < -0.39 is 138 Å². The van der Waals surface area contributed by atoms with Crippen molar-refractivity contribution in [2.75, 3.05) is 0 Å². The molecule has 0 aliphatic heterocycles. The van der Waals surface area contributed by atoms with Crippen molar-refractivity contribution in [3.05, 3.63) is 0 Å². The Bertz CT molecular complexity index is 778. The maximum Gasteiger partial charge on any atom is 0.459 e. The molecule has 44 heavy (non-hydrogen) atoms. The molecule has 0 saturated heterocycles. The van der Waals surface area contributed by atoms with E-state index in [4.69, 9.17) is 5.40 Å². The average molecular weight is 719 g/mol. The number of unbranched alkanes of at least 4 members (excludes halogenated alkanes) is 3. The number of rotatable bonds is 18. The number of alkyl halides is 21. The molecule has 23 heteroatoms. The molecule has 0 radical (unpaired) electrons. The van der Waals surface area contributed by atoms with E-state index in [-0.39, 0.29) is 0 Å². The van der Waals surface area contributed by atoms with E-state index in [2.05, 4.69) is 0 Å². The normalized spacial score (nSPS) is 15.7. The molecule has 0 aromatic heterocycles. The zero-order valence-corrected chi connectivity index (χ0v) is 23.0. The summed E-state index contributed by atoms with van der Waals surface area (Å²) >= 11 is 0. The SMILES string of the molecule is N[Si](CCCCC(F)(F)C(F)(F)C(F)(F)F)(CCCCC(F)(F)C(F)(F)C(F)(F)F)CCCCC(F)(F)C(F)(F)C(F)(F)F. The Morgan fingerprint density at radius 1 is 0.318 bits per heavy atom. The molecular formula is C21H26F21NSi. The van der Waals surface area contributed by atoms with Crippen molar-refractivity contribution in [1.82, 2.24) is 0 Å². The molecule has 0 atom stereocenters. The first kappa shape index (κ1) is 42.7. The highest BCUT2D eigenvalue weighted by atomic mass is 28.3. The lowest BCUT2D eigenvalue weighted by atomic mass is 10.0. The van der Waals surface area contributed by atoms with Crippen molar-refractivity contribution in [1.29, 1.82) is 0 Å². The van der Waals surface area contributed by atoms with Crippen LogP contribution >= 0.6 is 0 Å². The van der Waals surface area contributed by atoms with Crippen molar-refractivity contribution in [2.45, 2.75) is 130 Å². The van der Waals surface area contributed by atoms with E-state index >= 15 is 0 Å². The van der Waals surface area contributed by atoms with Crippen molar-refractivity contribution in [3.8, 4) is 0 Å². The van der Waals surface area contributed by atoms with Gasteiger partial charge in [0.25, 0.3) is 0 Å². The first-order valence-corrected chi connectivity index (χ1v) is 15.1. The summed E-state index contributed by atoms with van der Waals surface area (Å²) < 4.78 is 269. The lowest BCUT2D eigenvalue weighted by Gasteiger charge is -2.31. The Morgan fingerprint density at radius 3 is 0.659 bits per heavy atom. The van der Waals surface area contributed by atoms with E-state index in [0.717, 1.165) is 0 Å². The number of halogens is 21. The minimum absolute atomic E-state index is 0.578. The molecule has 0 saturated carbocycles. The van der Waals surface area contributed by atoms with E-state index in [9.17, 15) is 92.2 Å². The molecule has 0 aliphatic carbocycles. The molecule has 0 heterocycles. The van der Waals surface area contributed by atoms with Gasteiger partial charge in [0.1, 0.15) is 8.24 Å². The van der Waals surface area contributed by atoms with Crippen molar-refractivity contribution >= 4 is 8.24 Å². The van der Waals surface area contributed by atoms with Crippen LogP contribution < -0.4 is 5.40 Å². The van der Waals surface area contributed by atoms with Crippen LogP contribution in [0.1, 0.15) is 57.8 Å². The van der Waals surface area contributed by atoms with E-state index in [1.165, 1.54) is 0 Å². The largest absolute Gasteiger partial charge is 0.459 e. The zero-order chi connectivity index (χ0) is 35.5. The fourth-order valence-corrected chi connectivity index (χ4v) is 7.55. The number of hydrogen-bond acceptors (Lipinski definition) is 1. The third kappa shape index (κ3) is 10.1. The van der Waals surface area contributed by atoms with Crippen molar-refractivity contribution in [2.24, 2.45) is 5.40 Å². The molecule has 0 bridgehead atoms. The topological polar surface area (TPSA) is 26.0 Å². The van der Waals surface area contributed by atoms with E-state index in [1.54, 1.807) is 0 Å². The molecular weight excluding hydrogens is 693 g/mol. The third-order valence-corrected chi connectivity index (χ3v) is 10.7. The Labute approximate surface area is 236 Å². The molecule has 0 aromatic rings. The summed E-state index contributed by atoms with van der Waals surface area (Å²) in [5, 5.41) is 6.00. The van der Waals surface area contributed by atoms with Crippen LogP contribution in [0.4, 0.5) is 92.2 Å². The quantitative estimate of drug-likeness (QED) is 0.0852. The van der Waals surface area contributed by atoms with Gasteiger partial charge in [-0.05, 0) is 37.4 Å². The molecule has 0 amide bonds. The van der Waals surface area contributed by atoms with Gasteiger partial charge in [0.2, 0.25) is 0 Å². The summed E-state index contributed by atoms with van der Waals surface area (Å²) in [7, 11) is -3.75. The van der Waals surface area contributed by atoms with Gasteiger partial charge in [-0.1, -0.05) is 19.3 Å². The predicted octanol–water partition coefficient (Wildman–Crippen LogP) is 10.9. The van der Waals surface area contributed by atoms with Crippen LogP contribution in [0.15, 0.2) is 0 Å². The number of hydrogen-bond donors (Lipinski definition) is 1. The Morgan fingerprint density at radius 2 is 0.500 bits per heavy atom. The highest BCUT2D eigenvalue weighted by Gasteiger charge is 2.74. The lowest BCUT2D eigenvalue weighted by Crippen LogP contribution is -2.52. The highest BCUT2D eigenvalue weighted by molar-refractivity contribution is 6.76. The Hall–Kier alpha value is -1.29. The van der Waals surface area contributed by atoms with Gasteiger partial charge < -0.3 is 5.40 Å². The van der Waals surface area contributed by atoms with Crippen LogP contribution in [-0.4, -0.2) is 62.3 Å². The van der Waals surface area contributed by atoms with Crippen LogP contribution in [0.2, 0.25) is 18.1 Å². The third-order valence-electron chi connectivity index (χ3n) is 6.69. The Balaban J connectivity index is 5.51. The second-order valence-corrected chi connectivity index (χ2v) is 14.5. The van der Waals surface area contributed by atoms with Gasteiger partial charge in [0, 0.05) is 19.3 Å². The summed E-state index contributed by atoms with van der Waals surface area (Å²) in [6.45, 7) is 0. The van der Waals surface area contributed by atoms with Crippen LogP contribution in [-0.2, 0) is 0 Å². The zero-order valence-electron chi connectivity index (χ0n) is 22.0. The molecule has 1 nitrogen and oxygen atoms in total. The lowest BCUT2D eigenvalue weighted by molar-refractivity contribution is -0.356. The van der Waals surface area contributed by atoms with Gasteiger partial charge in [0.15, 0.2) is 0 Å². The molecule has 0 spiro atoms. The van der Waals surface area contributed by atoms with Gasteiger partial charge in [-0.15, -0.1) is 0 Å². The van der Waals surface area contributed by atoms with Gasteiger partial charge in [0.05, 0.1) is 0 Å². The smallest absolute Gasteiger partial charge is 0.351 e. The van der Waals surface area contributed by atoms with Crippen molar-refractivity contribution in [3.63, 3.8) is 0 Å². The maximum atomic E-state index is 13.5. The standard InChI is InChI=1S/C21H26F21NSi/c22-13(23,16(28,29)19(34,35)36)7-1-4-10-44(43,11-5-2-8-14(24,25)17(30,31)20(37,38)39)12-6-3-9-15(26,27)18(32,33)21(40,41)42/h1-12,43H2. The van der Waals surface area contributed by atoms with Crippen molar-refractivity contribution < 1.29 is 92.2 Å². The van der Waals surface area contributed by atoms with Gasteiger partial charge >= 0.3 is 54.1 Å². The van der Waals surface area contributed by atoms with Crippen LogP contribution in [0.3, 0.4) is 0 Å². The van der Waals surface area contributed by atoms with Crippen LogP contribution in [0.5, 0.6) is 0 Å². The first-order chi connectivity index (χ1) is 19.1.